The van der Waals surface area contributed by atoms with Gasteiger partial charge in [0.1, 0.15) is 0 Å². The van der Waals surface area contributed by atoms with E-state index in [2.05, 4.69) is 48.4 Å². The topological polar surface area (TPSA) is 24.9 Å². The Morgan fingerprint density at radius 2 is 2.05 bits per heavy atom. The fourth-order valence-electron chi connectivity index (χ4n) is 3.35. The molecule has 1 aliphatic carbocycles. The number of aryl methyl sites for hydroxylation is 3. The monoisotopic (exact) mass is 294 g/mol. The molecule has 2 heterocycles. The van der Waals surface area contributed by atoms with E-state index in [-0.39, 0.29) is 0 Å². The van der Waals surface area contributed by atoms with E-state index < -0.39 is 0 Å². The average molecular weight is 294 g/mol. The van der Waals surface area contributed by atoms with Gasteiger partial charge < -0.3 is 5.32 Å². The number of aromatic nitrogens is 1. The van der Waals surface area contributed by atoms with Gasteiger partial charge in [-0.05, 0) is 68.2 Å². The Bertz CT molecular complexity index is 633. The fourth-order valence-corrected chi connectivity index (χ4v) is 3.35. The number of anilines is 1. The largest absolute Gasteiger partial charge is 0.385 e. The SMILES string of the molecule is CC1CCc2ncccc2C1.Cc1ccc2c(c1)CCCN2. The van der Waals surface area contributed by atoms with Crippen molar-refractivity contribution in [3.05, 3.63) is 58.9 Å². The minimum absolute atomic E-state index is 0.853. The smallest absolute Gasteiger partial charge is 0.0435 e. The van der Waals surface area contributed by atoms with Crippen molar-refractivity contribution in [1.82, 2.24) is 4.98 Å². The first-order valence-electron chi connectivity index (χ1n) is 8.48. The van der Waals surface area contributed by atoms with Gasteiger partial charge in [-0.25, -0.2) is 0 Å². The van der Waals surface area contributed by atoms with Gasteiger partial charge in [0, 0.05) is 24.1 Å². The van der Waals surface area contributed by atoms with Crippen LogP contribution in [0.4, 0.5) is 5.69 Å². The number of rotatable bonds is 0. The Balaban J connectivity index is 0.000000131. The van der Waals surface area contributed by atoms with Crippen LogP contribution in [0.15, 0.2) is 36.5 Å². The molecule has 0 saturated carbocycles. The molecule has 0 fully saturated rings. The summed E-state index contributed by atoms with van der Waals surface area (Å²) >= 11 is 0. The summed E-state index contributed by atoms with van der Waals surface area (Å²) in [6.07, 6.45) is 8.12. The van der Waals surface area contributed by atoms with Crippen LogP contribution in [0.1, 0.15) is 42.1 Å². The molecule has 1 unspecified atom stereocenters. The quantitative estimate of drug-likeness (QED) is 0.770. The van der Waals surface area contributed by atoms with E-state index in [0.29, 0.717) is 0 Å². The highest BCUT2D eigenvalue weighted by Gasteiger charge is 2.14. The minimum atomic E-state index is 0.853. The summed E-state index contributed by atoms with van der Waals surface area (Å²) in [5.41, 5.74) is 6.97. The van der Waals surface area contributed by atoms with E-state index in [1.807, 2.05) is 12.3 Å². The van der Waals surface area contributed by atoms with Crippen molar-refractivity contribution in [1.29, 1.82) is 0 Å². The highest BCUT2D eigenvalue weighted by molar-refractivity contribution is 5.54. The zero-order valence-corrected chi connectivity index (χ0v) is 13.7. The van der Waals surface area contributed by atoms with Crippen molar-refractivity contribution < 1.29 is 0 Å². The molecule has 2 aromatic rings. The molecule has 2 aliphatic rings. The summed E-state index contributed by atoms with van der Waals surface area (Å²) < 4.78 is 0. The van der Waals surface area contributed by atoms with E-state index >= 15 is 0 Å². The summed E-state index contributed by atoms with van der Waals surface area (Å²) in [6, 6.07) is 10.9. The number of nitrogens with zero attached hydrogens (tertiary/aromatic N) is 1. The summed E-state index contributed by atoms with van der Waals surface area (Å²) in [5.74, 6) is 0.853. The molecule has 0 bridgehead atoms. The van der Waals surface area contributed by atoms with Crippen LogP contribution in [0.3, 0.4) is 0 Å². The van der Waals surface area contributed by atoms with Crippen LogP contribution in [0.5, 0.6) is 0 Å². The molecule has 4 rings (SSSR count). The lowest BCUT2D eigenvalue weighted by molar-refractivity contribution is 0.494. The fraction of sp³-hybridized carbons (Fsp3) is 0.450. The first kappa shape index (κ1) is 15.1. The van der Waals surface area contributed by atoms with Gasteiger partial charge in [0.15, 0.2) is 0 Å². The summed E-state index contributed by atoms with van der Waals surface area (Å²) in [5, 5.41) is 3.39. The van der Waals surface area contributed by atoms with Gasteiger partial charge in [-0.1, -0.05) is 30.7 Å². The lowest BCUT2D eigenvalue weighted by Gasteiger charge is -2.19. The molecule has 1 N–H and O–H groups in total. The van der Waals surface area contributed by atoms with Crippen LogP contribution >= 0.6 is 0 Å². The van der Waals surface area contributed by atoms with Crippen molar-refractivity contribution >= 4 is 5.69 Å². The molecule has 2 heteroatoms. The molecule has 2 nitrogen and oxygen atoms in total. The van der Waals surface area contributed by atoms with E-state index in [1.54, 1.807) is 0 Å². The zero-order valence-electron chi connectivity index (χ0n) is 13.7. The first-order chi connectivity index (χ1) is 10.7. The highest BCUT2D eigenvalue weighted by atomic mass is 14.9. The Hall–Kier alpha value is -1.83. The molecule has 1 atom stereocenters. The third-order valence-corrected chi connectivity index (χ3v) is 4.63. The first-order valence-corrected chi connectivity index (χ1v) is 8.48. The molecule has 1 aliphatic heterocycles. The average Bonchev–Trinajstić information content (AvgIpc) is 2.55. The van der Waals surface area contributed by atoms with Crippen LogP contribution in [0.2, 0.25) is 0 Å². The Morgan fingerprint density at radius 3 is 2.95 bits per heavy atom. The number of pyridine rings is 1. The third-order valence-electron chi connectivity index (χ3n) is 4.63. The normalized spacial score (nSPS) is 19.1. The maximum absolute atomic E-state index is 4.35. The van der Waals surface area contributed by atoms with Gasteiger partial charge in [-0.2, -0.15) is 0 Å². The van der Waals surface area contributed by atoms with Crippen LogP contribution in [0.25, 0.3) is 0 Å². The van der Waals surface area contributed by atoms with Gasteiger partial charge in [-0.3, -0.25) is 4.98 Å². The van der Waals surface area contributed by atoms with Gasteiger partial charge in [0.25, 0.3) is 0 Å². The Morgan fingerprint density at radius 1 is 1.14 bits per heavy atom. The Kier molecular flexibility index (Phi) is 4.77. The van der Waals surface area contributed by atoms with Crippen LogP contribution in [0, 0.1) is 12.8 Å². The van der Waals surface area contributed by atoms with Crippen molar-refractivity contribution in [2.45, 2.75) is 46.0 Å². The van der Waals surface area contributed by atoms with Crippen molar-refractivity contribution in [3.8, 4) is 0 Å². The molecule has 22 heavy (non-hydrogen) atoms. The Labute approximate surface area is 134 Å². The van der Waals surface area contributed by atoms with Crippen molar-refractivity contribution in [3.63, 3.8) is 0 Å². The number of hydrogen-bond donors (Lipinski definition) is 1. The summed E-state index contributed by atoms with van der Waals surface area (Å²) in [7, 11) is 0. The predicted octanol–water partition coefficient (Wildman–Crippen LogP) is 4.56. The summed E-state index contributed by atoms with van der Waals surface area (Å²) in [6.45, 7) is 5.60. The number of hydrogen-bond acceptors (Lipinski definition) is 2. The molecule has 116 valence electrons. The van der Waals surface area contributed by atoms with Gasteiger partial charge in [0.05, 0.1) is 0 Å². The molecular formula is C20H26N2. The van der Waals surface area contributed by atoms with Crippen LogP contribution in [-0.4, -0.2) is 11.5 Å². The van der Waals surface area contributed by atoms with Crippen LogP contribution < -0.4 is 5.32 Å². The molecule has 0 radical (unpaired) electrons. The molecule has 1 aromatic heterocycles. The highest BCUT2D eigenvalue weighted by Crippen LogP contribution is 2.23. The molecule has 0 spiro atoms. The molecule has 0 saturated heterocycles. The minimum Gasteiger partial charge on any atom is -0.385 e. The summed E-state index contributed by atoms with van der Waals surface area (Å²) in [4.78, 5) is 4.35. The lowest BCUT2D eigenvalue weighted by Crippen LogP contribution is -2.12. The standard InChI is InChI=1S/2C10H13N/c2*1-8-4-5-10-9(7-8)3-2-6-11-10/h4-5,7,11H,2-3,6H2,1H3;2-3,6,8H,4-5,7H2,1H3. The molecular weight excluding hydrogens is 268 g/mol. The van der Waals surface area contributed by atoms with Crippen LogP contribution in [-0.2, 0) is 19.3 Å². The maximum Gasteiger partial charge on any atom is 0.0435 e. The van der Waals surface area contributed by atoms with E-state index in [9.17, 15) is 0 Å². The number of nitrogens with one attached hydrogen (secondary N) is 1. The van der Waals surface area contributed by atoms with E-state index in [1.165, 1.54) is 60.2 Å². The second kappa shape index (κ2) is 6.95. The van der Waals surface area contributed by atoms with Gasteiger partial charge in [-0.15, -0.1) is 0 Å². The maximum atomic E-state index is 4.35. The second-order valence-electron chi connectivity index (χ2n) is 6.65. The number of fused-ring (bicyclic) bond motifs is 2. The predicted molar refractivity (Wildman–Crippen MR) is 93.4 cm³/mol. The molecule has 1 aromatic carbocycles. The van der Waals surface area contributed by atoms with E-state index in [4.69, 9.17) is 0 Å². The second-order valence-corrected chi connectivity index (χ2v) is 6.65. The van der Waals surface area contributed by atoms with Gasteiger partial charge >= 0.3 is 0 Å². The molecule has 0 amide bonds. The van der Waals surface area contributed by atoms with E-state index in [0.717, 1.165) is 12.5 Å². The lowest BCUT2D eigenvalue weighted by atomic mass is 9.88. The third kappa shape index (κ3) is 3.68. The van der Waals surface area contributed by atoms with Gasteiger partial charge in [0.2, 0.25) is 0 Å². The zero-order chi connectivity index (χ0) is 15.4. The van der Waals surface area contributed by atoms with Crippen molar-refractivity contribution in [2.24, 2.45) is 5.92 Å². The number of benzene rings is 1. The van der Waals surface area contributed by atoms with Crippen molar-refractivity contribution in [2.75, 3.05) is 11.9 Å².